The fraction of sp³-hybridized carbons (Fsp3) is 0.778. The lowest BCUT2D eigenvalue weighted by atomic mass is 10.4. The maximum Gasteiger partial charge on any atom is 0.173 e. The molecule has 0 aromatic carbocycles. The minimum absolute atomic E-state index is 0. The van der Waals surface area contributed by atoms with Crippen LogP contribution in [0.5, 0.6) is 0 Å². The van der Waals surface area contributed by atoms with Crippen LogP contribution in [0.2, 0.25) is 0 Å². The van der Waals surface area contributed by atoms with E-state index >= 15 is 0 Å². The summed E-state index contributed by atoms with van der Waals surface area (Å²) in [7, 11) is 0. The number of hydrogen-bond donors (Lipinski definition) is 0. The van der Waals surface area contributed by atoms with Crippen LogP contribution < -0.4 is 0 Å². The molecule has 0 saturated heterocycles. The quantitative estimate of drug-likeness (QED) is 0.777. The van der Waals surface area contributed by atoms with Crippen LogP contribution >= 0.6 is 28.7 Å². The second kappa shape index (κ2) is 6.60. The molecule has 0 unspecified atom stereocenters. The van der Waals surface area contributed by atoms with E-state index in [2.05, 4.69) is 18.7 Å². The average Bonchev–Trinajstić information content (AvgIpc) is 2.38. The first-order chi connectivity index (χ1) is 5.79. The Morgan fingerprint density at radius 2 is 2.15 bits per heavy atom. The van der Waals surface area contributed by atoms with Crippen molar-refractivity contribution in [2.24, 2.45) is 0 Å². The van der Waals surface area contributed by atoms with Gasteiger partial charge < -0.3 is 9.64 Å². The summed E-state index contributed by atoms with van der Waals surface area (Å²) in [4.78, 5) is 2.37. The maximum absolute atomic E-state index is 5.49. The fourth-order valence-electron chi connectivity index (χ4n) is 1.25. The molecule has 0 saturated carbocycles. The third-order valence-electron chi connectivity index (χ3n) is 1.89. The van der Waals surface area contributed by atoms with E-state index in [0.29, 0.717) is 0 Å². The number of halogens is 1. The molecule has 0 spiro atoms. The second-order valence-corrected chi connectivity index (χ2v) is 3.76. The summed E-state index contributed by atoms with van der Waals surface area (Å²) >= 11 is 1.81. The topological polar surface area (TPSA) is 12.5 Å². The zero-order chi connectivity index (χ0) is 8.97. The van der Waals surface area contributed by atoms with Gasteiger partial charge in [0.05, 0.1) is 18.2 Å². The molecule has 4 heteroatoms. The van der Waals surface area contributed by atoms with E-state index in [9.17, 15) is 0 Å². The molecule has 1 aliphatic heterocycles. The number of nitrogens with zero attached hydrogens (tertiary/aromatic N) is 1. The van der Waals surface area contributed by atoms with Crippen molar-refractivity contribution in [1.29, 1.82) is 0 Å². The molecule has 0 aliphatic carbocycles. The van der Waals surface area contributed by atoms with Crippen molar-refractivity contribution < 1.29 is 4.74 Å². The van der Waals surface area contributed by atoms with Crippen molar-refractivity contribution in [1.82, 2.24) is 4.90 Å². The first kappa shape index (κ1) is 13.2. The van der Waals surface area contributed by atoms with Crippen molar-refractivity contribution in [3.05, 3.63) is 10.8 Å². The minimum Gasteiger partial charge on any atom is -0.486 e. The molecule has 0 radical (unpaired) electrons. The van der Waals surface area contributed by atoms with Crippen LogP contribution in [0.3, 0.4) is 0 Å². The van der Waals surface area contributed by atoms with E-state index in [4.69, 9.17) is 4.74 Å². The smallest absolute Gasteiger partial charge is 0.173 e. The van der Waals surface area contributed by atoms with Crippen molar-refractivity contribution in [2.45, 2.75) is 27.2 Å². The van der Waals surface area contributed by atoms with Gasteiger partial charge in [-0.1, -0.05) is 18.7 Å². The SMILES string of the molecule is Br.CCCN1CSC(OCC)=C1C. The van der Waals surface area contributed by atoms with E-state index in [1.54, 1.807) is 11.8 Å². The Bertz CT molecular complexity index is 184. The first-order valence-corrected chi connectivity index (χ1v) is 5.49. The van der Waals surface area contributed by atoms with E-state index in [0.717, 1.165) is 24.1 Å². The molecule has 0 fully saturated rings. The number of thioether (sulfide) groups is 1. The van der Waals surface area contributed by atoms with Crippen molar-refractivity contribution >= 4 is 28.7 Å². The standard InChI is InChI=1S/C9H17NOS.BrH/c1-4-6-10-7-12-9(8(10)3)11-5-2;/h4-7H2,1-3H3;1H. The number of rotatable bonds is 4. The zero-order valence-corrected chi connectivity index (χ0v) is 11.0. The van der Waals surface area contributed by atoms with Crippen LogP contribution in [0.4, 0.5) is 0 Å². The molecule has 0 atom stereocenters. The Kier molecular flexibility index (Phi) is 6.68. The van der Waals surface area contributed by atoms with Crippen molar-refractivity contribution in [2.75, 3.05) is 19.0 Å². The lowest BCUT2D eigenvalue weighted by molar-refractivity contribution is 0.247. The average molecular weight is 268 g/mol. The van der Waals surface area contributed by atoms with Gasteiger partial charge in [0.2, 0.25) is 0 Å². The molecule has 1 rings (SSSR count). The van der Waals surface area contributed by atoms with Crippen LogP contribution in [-0.2, 0) is 4.74 Å². The molecule has 2 nitrogen and oxygen atoms in total. The van der Waals surface area contributed by atoms with Gasteiger partial charge >= 0.3 is 0 Å². The summed E-state index contributed by atoms with van der Waals surface area (Å²) in [6.07, 6.45) is 1.21. The molecule has 0 N–H and O–H groups in total. The van der Waals surface area contributed by atoms with E-state index in [-0.39, 0.29) is 17.0 Å². The molecule has 0 bridgehead atoms. The highest BCUT2D eigenvalue weighted by molar-refractivity contribution is 8.93. The molecule has 1 aliphatic rings. The Balaban J connectivity index is 0.00000144. The van der Waals surface area contributed by atoms with Crippen molar-refractivity contribution in [3.8, 4) is 0 Å². The summed E-state index contributed by atoms with van der Waals surface area (Å²) < 4.78 is 5.49. The summed E-state index contributed by atoms with van der Waals surface area (Å²) in [5, 5.41) is 1.12. The molecule has 0 aromatic rings. The third kappa shape index (κ3) is 3.43. The largest absolute Gasteiger partial charge is 0.486 e. The van der Waals surface area contributed by atoms with Gasteiger partial charge in [-0.2, -0.15) is 0 Å². The second-order valence-electron chi connectivity index (χ2n) is 2.84. The van der Waals surface area contributed by atoms with Gasteiger partial charge in [-0.25, -0.2) is 0 Å². The number of ether oxygens (including phenoxy) is 1. The van der Waals surface area contributed by atoms with Gasteiger partial charge in [0, 0.05) is 6.54 Å². The Labute approximate surface area is 95.5 Å². The van der Waals surface area contributed by atoms with Gasteiger partial charge in [0.25, 0.3) is 0 Å². The molecule has 13 heavy (non-hydrogen) atoms. The van der Waals surface area contributed by atoms with Crippen LogP contribution in [-0.4, -0.2) is 23.9 Å². The number of allylic oxidation sites excluding steroid dienone is 1. The first-order valence-electron chi connectivity index (χ1n) is 4.51. The van der Waals surface area contributed by atoms with E-state index in [1.807, 2.05) is 6.92 Å². The highest BCUT2D eigenvalue weighted by Crippen LogP contribution is 2.32. The maximum atomic E-state index is 5.49. The predicted molar refractivity (Wildman–Crippen MR) is 64.1 cm³/mol. The number of hydrogen-bond acceptors (Lipinski definition) is 3. The van der Waals surface area contributed by atoms with Crippen molar-refractivity contribution in [3.63, 3.8) is 0 Å². The van der Waals surface area contributed by atoms with E-state index in [1.165, 1.54) is 12.1 Å². The Morgan fingerprint density at radius 3 is 2.69 bits per heavy atom. The fourth-order valence-corrected chi connectivity index (χ4v) is 2.38. The van der Waals surface area contributed by atoms with Gasteiger partial charge in [-0.3, -0.25) is 0 Å². The monoisotopic (exact) mass is 267 g/mol. The van der Waals surface area contributed by atoms with Crippen LogP contribution in [0.1, 0.15) is 27.2 Å². The van der Waals surface area contributed by atoms with Gasteiger partial charge in [-0.05, 0) is 20.3 Å². The third-order valence-corrected chi connectivity index (χ3v) is 3.01. The highest BCUT2D eigenvalue weighted by atomic mass is 79.9. The van der Waals surface area contributed by atoms with Gasteiger partial charge in [-0.15, -0.1) is 17.0 Å². The zero-order valence-electron chi connectivity index (χ0n) is 8.50. The minimum atomic E-state index is 0. The van der Waals surface area contributed by atoms with Gasteiger partial charge in [0.1, 0.15) is 0 Å². The molecular weight excluding hydrogens is 250 g/mol. The molecule has 1 heterocycles. The van der Waals surface area contributed by atoms with Gasteiger partial charge in [0.15, 0.2) is 5.09 Å². The lowest BCUT2D eigenvalue weighted by Gasteiger charge is -2.16. The summed E-state index contributed by atoms with van der Waals surface area (Å²) in [6.45, 7) is 8.30. The summed E-state index contributed by atoms with van der Waals surface area (Å²) in [5.74, 6) is 1.06. The predicted octanol–water partition coefficient (Wildman–Crippen LogP) is 3.21. The molecule has 78 valence electrons. The molecule has 0 aromatic heterocycles. The van der Waals surface area contributed by atoms with E-state index < -0.39 is 0 Å². The highest BCUT2D eigenvalue weighted by Gasteiger charge is 2.19. The molecular formula is C9H18BrNOS. The van der Waals surface area contributed by atoms with Crippen LogP contribution in [0.15, 0.2) is 10.8 Å². The lowest BCUT2D eigenvalue weighted by Crippen LogP contribution is -2.18. The Hall–Kier alpha value is 0.170. The summed E-state index contributed by atoms with van der Waals surface area (Å²) in [6, 6.07) is 0. The normalized spacial score (nSPS) is 16.1. The Morgan fingerprint density at radius 1 is 1.46 bits per heavy atom. The molecule has 0 amide bonds. The van der Waals surface area contributed by atoms with Crippen LogP contribution in [0, 0.1) is 0 Å². The van der Waals surface area contributed by atoms with Crippen LogP contribution in [0.25, 0.3) is 0 Å². The summed E-state index contributed by atoms with van der Waals surface area (Å²) in [5.41, 5.74) is 1.31.